The summed E-state index contributed by atoms with van der Waals surface area (Å²) in [5.74, 6) is 0.868. The number of fused-ring (bicyclic) bond motifs is 1. The molecule has 1 aliphatic heterocycles. The SMILES string of the molecule is CC[C@H](O[Si](c1ccccc1)(c1ccccc1)C(C)(C)C)[C@@H]1C[C@H](CCN(C)C)[C@H](n2c(=O)sc3c(=O)[nH]c(NC(c4ccccc4)(c4ccccc4)c4ccc(OC)cc4)nc32)O1. The monoisotopic (exact) mass is 893 g/mol. The van der Waals surface area contributed by atoms with Crippen molar-refractivity contribution in [3.63, 3.8) is 0 Å². The average Bonchev–Trinajstić information content (AvgIpc) is 3.88. The third-order valence-electron chi connectivity index (χ3n) is 12.7. The predicted molar refractivity (Wildman–Crippen MR) is 262 cm³/mol. The fraction of sp³-hybridized carbons (Fsp3) is 0.327. The first-order valence-corrected chi connectivity index (χ1v) is 24.9. The molecule has 1 aliphatic rings. The summed E-state index contributed by atoms with van der Waals surface area (Å²) >= 11 is 0.907. The van der Waals surface area contributed by atoms with Crippen molar-refractivity contribution in [2.75, 3.05) is 33.1 Å². The van der Waals surface area contributed by atoms with Gasteiger partial charge in [-0.1, -0.05) is 172 Å². The van der Waals surface area contributed by atoms with E-state index in [0.717, 1.165) is 46.7 Å². The van der Waals surface area contributed by atoms with Gasteiger partial charge in [0.15, 0.2) is 5.65 Å². The summed E-state index contributed by atoms with van der Waals surface area (Å²) in [6.07, 6.45) is 0.860. The van der Waals surface area contributed by atoms with Gasteiger partial charge in [0, 0.05) is 5.92 Å². The minimum Gasteiger partial charge on any atom is -0.497 e. The Kier molecular flexibility index (Phi) is 13.2. The molecule has 4 atom stereocenters. The fourth-order valence-corrected chi connectivity index (χ4v) is 15.3. The number of hydrogen-bond donors (Lipinski definition) is 2. The minimum absolute atomic E-state index is 0.0655. The predicted octanol–water partition coefficient (Wildman–Crippen LogP) is 8.77. The molecule has 2 aromatic heterocycles. The molecule has 0 saturated carbocycles. The van der Waals surface area contributed by atoms with Gasteiger partial charge in [0.25, 0.3) is 13.9 Å². The quantitative estimate of drug-likeness (QED) is 0.0733. The van der Waals surface area contributed by atoms with Crippen LogP contribution in [0.5, 0.6) is 5.75 Å². The van der Waals surface area contributed by atoms with Crippen molar-refractivity contribution in [1.82, 2.24) is 19.4 Å². The van der Waals surface area contributed by atoms with Crippen LogP contribution in [0.4, 0.5) is 5.95 Å². The van der Waals surface area contributed by atoms with Crippen molar-refractivity contribution in [2.45, 2.75) is 76.0 Å². The molecule has 5 aromatic carbocycles. The zero-order valence-corrected chi connectivity index (χ0v) is 39.6. The van der Waals surface area contributed by atoms with Crippen LogP contribution in [0.25, 0.3) is 10.3 Å². The van der Waals surface area contributed by atoms with Gasteiger partial charge in [-0.25, -0.2) is 0 Å². The number of ether oxygens (including phenoxy) is 2. The first-order chi connectivity index (χ1) is 30.9. The molecule has 10 nitrogen and oxygen atoms in total. The highest BCUT2D eigenvalue weighted by atomic mass is 32.1. The molecular formula is C52H59N5O5SSi. The smallest absolute Gasteiger partial charge is 0.311 e. The van der Waals surface area contributed by atoms with E-state index in [1.165, 1.54) is 10.4 Å². The lowest BCUT2D eigenvalue weighted by Crippen LogP contribution is -2.68. The fourth-order valence-electron chi connectivity index (χ4n) is 9.62. The minimum atomic E-state index is -2.96. The van der Waals surface area contributed by atoms with Gasteiger partial charge in [-0.3, -0.25) is 19.1 Å². The van der Waals surface area contributed by atoms with Crippen LogP contribution in [0.3, 0.4) is 0 Å². The molecule has 2 N–H and O–H groups in total. The second-order valence-corrected chi connectivity index (χ2v) is 23.2. The molecule has 0 spiro atoms. The molecule has 12 heteroatoms. The van der Waals surface area contributed by atoms with Crippen molar-refractivity contribution in [2.24, 2.45) is 5.92 Å². The third-order valence-corrected chi connectivity index (χ3v) is 18.7. The standard InChI is InChI=1S/C52H59N5O5SSi/c1-8-43(62-64(51(2,3)4,41-25-17-11-18-26-41)42-27-19-12-20-28-42)44-35-36(33-34-56(5)6)48(61-44)57-46-45(63-50(57)59)47(58)54-49(53-46)55-52(37-21-13-9-14-22-37,38-23-15-10-16-24-38)39-29-31-40(60-7)32-30-39/h9-32,36,43-44,48H,8,33-35H2,1-7H3,(H2,53,54,55,58)/t36-,43-,44-,48+/m0/s1. The molecule has 1 fully saturated rings. The Morgan fingerprint density at radius 3 is 1.86 bits per heavy atom. The molecule has 7 aromatic rings. The van der Waals surface area contributed by atoms with Gasteiger partial charge in [0.2, 0.25) is 5.95 Å². The van der Waals surface area contributed by atoms with Gasteiger partial charge in [0.1, 0.15) is 22.2 Å². The van der Waals surface area contributed by atoms with E-state index in [1.807, 2.05) is 60.7 Å². The van der Waals surface area contributed by atoms with E-state index in [0.29, 0.717) is 12.8 Å². The molecule has 1 saturated heterocycles. The first-order valence-electron chi connectivity index (χ1n) is 22.2. The number of hydrogen-bond acceptors (Lipinski definition) is 9. The average molecular weight is 894 g/mol. The van der Waals surface area contributed by atoms with Crippen LogP contribution in [0.1, 0.15) is 69.9 Å². The van der Waals surface area contributed by atoms with Crippen LogP contribution >= 0.6 is 11.3 Å². The second kappa shape index (κ2) is 18.8. The van der Waals surface area contributed by atoms with Crippen LogP contribution in [0, 0.1) is 5.92 Å². The lowest BCUT2D eigenvalue weighted by atomic mass is 9.77. The topological polar surface area (TPSA) is 111 Å². The molecule has 64 heavy (non-hydrogen) atoms. The van der Waals surface area contributed by atoms with Gasteiger partial charge in [-0.15, -0.1) is 0 Å². The molecule has 3 heterocycles. The molecule has 0 amide bonds. The molecule has 8 rings (SSSR count). The Hall–Kier alpha value is -5.63. The summed E-state index contributed by atoms with van der Waals surface area (Å²) in [5.41, 5.74) is 1.61. The van der Waals surface area contributed by atoms with E-state index in [4.69, 9.17) is 18.9 Å². The lowest BCUT2D eigenvalue weighted by molar-refractivity contribution is -0.0609. The summed E-state index contributed by atoms with van der Waals surface area (Å²) in [6, 6.07) is 49.4. The molecule has 0 unspecified atom stereocenters. The Bertz CT molecular complexity index is 2660. The Labute approximate surface area is 381 Å². The number of methoxy groups -OCH3 is 1. The molecule has 0 radical (unpaired) electrons. The van der Waals surface area contributed by atoms with Crippen LogP contribution in [0.15, 0.2) is 155 Å². The highest BCUT2D eigenvalue weighted by molar-refractivity contribution is 7.16. The van der Waals surface area contributed by atoms with E-state index < -0.39 is 25.6 Å². The number of aromatic nitrogens is 3. The number of nitrogens with one attached hydrogen (secondary N) is 2. The van der Waals surface area contributed by atoms with E-state index in [-0.39, 0.29) is 44.3 Å². The molecule has 0 bridgehead atoms. The van der Waals surface area contributed by atoms with E-state index in [2.05, 4.69) is 142 Å². The zero-order valence-electron chi connectivity index (χ0n) is 37.8. The summed E-state index contributed by atoms with van der Waals surface area (Å²) in [7, 11) is 2.80. The summed E-state index contributed by atoms with van der Waals surface area (Å²) < 4.78 is 22.4. The van der Waals surface area contributed by atoms with Crippen molar-refractivity contribution in [1.29, 1.82) is 0 Å². The van der Waals surface area contributed by atoms with E-state index >= 15 is 0 Å². The van der Waals surface area contributed by atoms with Crippen molar-refractivity contribution in [3.05, 3.63) is 182 Å². The van der Waals surface area contributed by atoms with Crippen LogP contribution in [-0.4, -0.2) is 67.7 Å². The summed E-state index contributed by atoms with van der Waals surface area (Å²) in [6.45, 7) is 9.81. The van der Waals surface area contributed by atoms with Crippen LogP contribution < -0.4 is 30.9 Å². The first kappa shape index (κ1) is 45.0. The number of rotatable bonds is 16. The van der Waals surface area contributed by atoms with Gasteiger partial charge in [0.05, 0.1) is 19.3 Å². The van der Waals surface area contributed by atoms with Gasteiger partial charge in [-0.2, -0.15) is 4.98 Å². The van der Waals surface area contributed by atoms with Crippen molar-refractivity contribution < 1.29 is 13.9 Å². The van der Waals surface area contributed by atoms with Crippen LogP contribution in [0.2, 0.25) is 5.04 Å². The number of H-pyrrole nitrogens is 1. The Morgan fingerprint density at radius 1 is 0.828 bits per heavy atom. The van der Waals surface area contributed by atoms with E-state index in [1.54, 1.807) is 11.7 Å². The van der Waals surface area contributed by atoms with Gasteiger partial charge in [-0.05, 0) is 84.1 Å². The molecule has 0 aliphatic carbocycles. The highest BCUT2D eigenvalue weighted by Crippen LogP contribution is 2.44. The second-order valence-electron chi connectivity index (χ2n) is 18.0. The van der Waals surface area contributed by atoms with Crippen molar-refractivity contribution >= 4 is 46.3 Å². The Balaban J connectivity index is 1.24. The van der Waals surface area contributed by atoms with Gasteiger partial charge < -0.3 is 24.1 Å². The number of benzene rings is 5. The largest absolute Gasteiger partial charge is 0.497 e. The lowest BCUT2D eigenvalue weighted by Gasteiger charge is -2.46. The molecular weight excluding hydrogens is 835 g/mol. The zero-order chi connectivity index (χ0) is 45.1. The van der Waals surface area contributed by atoms with Gasteiger partial charge >= 0.3 is 4.87 Å². The van der Waals surface area contributed by atoms with Crippen molar-refractivity contribution in [3.8, 4) is 5.75 Å². The number of thiazole rings is 1. The maximum atomic E-state index is 14.4. The maximum Gasteiger partial charge on any atom is 0.311 e. The normalized spacial score (nSPS) is 17.5. The maximum absolute atomic E-state index is 14.4. The van der Waals surface area contributed by atoms with E-state index in [9.17, 15) is 9.59 Å². The Morgan fingerprint density at radius 2 is 1.36 bits per heavy atom. The molecule has 332 valence electrons. The number of aromatic amines is 1. The third kappa shape index (κ3) is 8.53. The number of nitrogens with zero attached hydrogens (tertiary/aromatic N) is 3. The number of anilines is 1. The highest BCUT2D eigenvalue weighted by Gasteiger charge is 2.53. The summed E-state index contributed by atoms with van der Waals surface area (Å²) in [4.78, 5) is 38.7. The summed E-state index contributed by atoms with van der Waals surface area (Å²) in [5, 5.41) is 5.88. The van der Waals surface area contributed by atoms with Crippen LogP contribution in [-0.2, 0) is 14.7 Å².